The molecular formula is C15H13NO. The largest absolute Gasteiger partial charge is 0.508 e. The molecule has 84 valence electrons. The third-order valence-corrected chi connectivity index (χ3v) is 2.42. The molecule has 2 aromatic carbocycles. The van der Waals surface area contributed by atoms with Gasteiger partial charge in [-0.15, -0.1) is 0 Å². The Morgan fingerprint density at radius 2 is 1.59 bits per heavy atom. The van der Waals surface area contributed by atoms with Gasteiger partial charge in [-0.25, -0.2) is 0 Å². The lowest BCUT2D eigenvalue weighted by Crippen LogP contribution is -1.92. The van der Waals surface area contributed by atoms with Crippen molar-refractivity contribution in [3.63, 3.8) is 0 Å². The van der Waals surface area contributed by atoms with Gasteiger partial charge in [0.2, 0.25) is 0 Å². The highest BCUT2D eigenvalue weighted by atomic mass is 16.3. The first-order valence-electron chi connectivity index (χ1n) is 5.37. The first kappa shape index (κ1) is 11.1. The number of phenolic OH excluding ortho intramolecular Hbond substituents is 1. The molecule has 0 heterocycles. The van der Waals surface area contributed by atoms with Gasteiger partial charge in [0.25, 0.3) is 0 Å². The topological polar surface area (TPSA) is 44.1 Å². The average molecular weight is 223 g/mol. The minimum absolute atomic E-state index is 0.250. The fourth-order valence-corrected chi connectivity index (χ4v) is 1.48. The molecule has 2 N–H and O–H groups in total. The van der Waals surface area contributed by atoms with Crippen molar-refractivity contribution in [2.75, 3.05) is 0 Å². The molecule has 0 fully saturated rings. The molecule has 0 saturated carbocycles. The summed E-state index contributed by atoms with van der Waals surface area (Å²) < 4.78 is 0. The number of rotatable bonds is 3. The maximum atomic E-state index is 9.15. The van der Waals surface area contributed by atoms with Crippen LogP contribution in [0.5, 0.6) is 5.75 Å². The summed E-state index contributed by atoms with van der Waals surface area (Å²) in [4.78, 5) is 0. The highest BCUT2D eigenvalue weighted by Crippen LogP contribution is 2.11. The van der Waals surface area contributed by atoms with E-state index in [-0.39, 0.29) is 5.75 Å². The molecule has 0 unspecified atom stereocenters. The Morgan fingerprint density at radius 3 is 2.24 bits per heavy atom. The zero-order valence-corrected chi connectivity index (χ0v) is 9.30. The Morgan fingerprint density at radius 1 is 0.941 bits per heavy atom. The van der Waals surface area contributed by atoms with Crippen molar-refractivity contribution in [1.82, 2.24) is 0 Å². The van der Waals surface area contributed by atoms with Crippen molar-refractivity contribution in [3.8, 4) is 5.75 Å². The van der Waals surface area contributed by atoms with Crippen LogP contribution < -0.4 is 0 Å². The lowest BCUT2D eigenvalue weighted by molar-refractivity contribution is 0.475. The molecule has 0 aliphatic rings. The van der Waals surface area contributed by atoms with E-state index in [9.17, 15) is 0 Å². The molecular weight excluding hydrogens is 210 g/mol. The van der Waals surface area contributed by atoms with Gasteiger partial charge in [0, 0.05) is 0 Å². The van der Waals surface area contributed by atoms with Crippen molar-refractivity contribution >= 4 is 11.8 Å². The summed E-state index contributed by atoms with van der Waals surface area (Å²) in [5.41, 5.74) is 2.32. The molecule has 0 atom stereocenters. The standard InChI is InChI=1S/C15H13NO/c16-15(13-4-2-1-3-5-13)11-8-12-6-9-14(17)10-7-12/h1-11,16-17H/b11-8+,16-15?. The van der Waals surface area contributed by atoms with E-state index in [1.807, 2.05) is 48.5 Å². The first-order chi connectivity index (χ1) is 8.25. The molecule has 17 heavy (non-hydrogen) atoms. The molecule has 0 bridgehead atoms. The fourth-order valence-electron chi connectivity index (χ4n) is 1.48. The zero-order valence-electron chi connectivity index (χ0n) is 9.30. The van der Waals surface area contributed by atoms with Gasteiger partial charge in [0.1, 0.15) is 5.75 Å². The van der Waals surface area contributed by atoms with Gasteiger partial charge in [-0.05, 0) is 29.3 Å². The second-order valence-electron chi connectivity index (χ2n) is 3.70. The summed E-state index contributed by atoms with van der Waals surface area (Å²) in [7, 11) is 0. The Bertz CT molecular complexity index is 527. The average Bonchev–Trinajstić information content (AvgIpc) is 2.39. The molecule has 0 radical (unpaired) electrons. The maximum Gasteiger partial charge on any atom is 0.115 e. The van der Waals surface area contributed by atoms with Crippen LogP contribution in [-0.2, 0) is 0 Å². The van der Waals surface area contributed by atoms with E-state index < -0.39 is 0 Å². The summed E-state index contributed by atoms with van der Waals surface area (Å²) in [5, 5.41) is 17.0. The van der Waals surface area contributed by atoms with Crippen molar-refractivity contribution in [1.29, 1.82) is 5.41 Å². The predicted octanol–water partition coefficient (Wildman–Crippen LogP) is 3.47. The van der Waals surface area contributed by atoms with Crippen LogP contribution >= 0.6 is 0 Å². The van der Waals surface area contributed by atoms with Crippen molar-refractivity contribution in [3.05, 3.63) is 71.8 Å². The summed E-state index contributed by atoms with van der Waals surface area (Å²) in [6.45, 7) is 0. The minimum Gasteiger partial charge on any atom is -0.508 e. The Labute approximate surface area is 100 Å². The normalized spacial score (nSPS) is 10.6. The van der Waals surface area contributed by atoms with E-state index >= 15 is 0 Å². The van der Waals surface area contributed by atoms with Gasteiger partial charge in [-0.1, -0.05) is 48.5 Å². The smallest absolute Gasteiger partial charge is 0.115 e. The van der Waals surface area contributed by atoms with Crippen LogP contribution in [0.2, 0.25) is 0 Å². The number of hydrogen-bond acceptors (Lipinski definition) is 2. The van der Waals surface area contributed by atoms with Crippen LogP contribution in [0.15, 0.2) is 60.7 Å². The lowest BCUT2D eigenvalue weighted by Gasteiger charge is -1.98. The van der Waals surface area contributed by atoms with Crippen LogP contribution in [0.25, 0.3) is 6.08 Å². The molecule has 0 amide bonds. The molecule has 2 nitrogen and oxygen atoms in total. The van der Waals surface area contributed by atoms with E-state index in [1.54, 1.807) is 18.2 Å². The summed E-state index contributed by atoms with van der Waals surface area (Å²) in [5.74, 6) is 0.250. The highest BCUT2D eigenvalue weighted by molar-refractivity contribution is 6.08. The number of hydrogen-bond donors (Lipinski definition) is 2. The van der Waals surface area contributed by atoms with E-state index in [1.165, 1.54) is 0 Å². The minimum atomic E-state index is 0.250. The monoisotopic (exact) mass is 223 g/mol. The van der Waals surface area contributed by atoms with Gasteiger partial charge < -0.3 is 10.5 Å². The number of aromatic hydroxyl groups is 1. The van der Waals surface area contributed by atoms with Crippen LogP contribution in [0.3, 0.4) is 0 Å². The van der Waals surface area contributed by atoms with Gasteiger partial charge >= 0.3 is 0 Å². The van der Waals surface area contributed by atoms with E-state index in [0.717, 1.165) is 11.1 Å². The third-order valence-electron chi connectivity index (χ3n) is 2.42. The van der Waals surface area contributed by atoms with Crippen LogP contribution in [0.4, 0.5) is 0 Å². The van der Waals surface area contributed by atoms with E-state index in [2.05, 4.69) is 0 Å². The first-order valence-corrected chi connectivity index (χ1v) is 5.37. The molecule has 0 aliphatic heterocycles. The van der Waals surface area contributed by atoms with E-state index in [0.29, 0.717) is 5.71 Å². The van der Waals surface area contributed by atoms with Crippen LogP contribution in [-0.4, -0.2) is 10.8 Å². The van der Waals surface area contributed by atoms with Gasteiger partial charge in [0.05, 0.1) is 5.71 Å². The Kier molecular flexibility index (Phi) is 3.36. The molecule has 2 heteroatoms. The number of nitrogens with one attached hydrogen (secondary N) is 1. The quantitative estimate of drug-likeness (QED) is 0.769. The number of benzene rings is 2. The Hall–Kier alpha value is -2.35. The molecule has 0 saturated heterocycles. The number of phenols is 1. The molecule has 2 rings (SSSR count). The molecule has 0 aliphatic carbocycles. The van der Waals surface area contributed by atoms with E-state index in [4.69, 9.17) is 10.5 Å². The second kappa shape index (κ2) is 5.12. The molecule has 0 spiro atoms. The lowest BCUT2D eigenvalue weighted by atomic mass is 10.1. The summed E-state index contributed by atoms with van der Waals surface area (Å²) in [6, 6.07) is 16.5. The summed E-state index contributed by atoms with van der Waals surface area (Å²) in [6.07, 6.45) is 3.61. The van der Waals surface area contributed by atoms with Gasteiger partial charge in [-0.3, -0.25) is 0 Å². The third kappa shape index (κ3) is 3.05. The van der Waals surface area contributed by atoms with Crippen molar-refractivity contribution in [2.24, 2.45) is 0 Å². The van der Waals surface area contributed by atoms with Crippen LogP contribution in [0.1, 0.15) is 11.1 Å². The maximum absolute atomic E-state index is 9.15. The molecule has 0 aromatic heterocycles. The molecule has 2 aromatic rings. The van der Waals surface area contributed by atoms with Crippen molar-refractivity contribution in [2.45, 2.75) is 0 Å². The van der Waals surface area contributed by atoms with Gasteiger partial charge in [-0.2, -0.15) is 0 Å². The van der Waals surface area contributed by atoms with Gasteiger partial charge in [0.15, 0.2) is 0 Å². The Balaban J connectivity index is 2.11. The highest BCUT2D eigenvalue weighted by Gasteiger charge is 1.95. The SMILES string of the molecule is N=C(/C=C/c1ccc(O)cc1)c1ccccc1. The fraction of sp³-hybridized carbons (Fsp3) is 0. The predicted molar refractivity (Wildman–Crippen MR) is 70.4 cm³/mol. The second-order valence-corrected chi connectivity index (χ2v) is 3.70. The summed E-state index contributed by atoms with van der Waals surface area (Å²) >= 11 is 0. The van der Waals surface area contributed by atoms with Crippen molar-refractivity contribution < 1.29 is 5.11 Å². The van der Waals surface area contributed by atoms with Crippen LogP contribution in [0, 0.1) is 5.41 Å². The zero-order chi connectivity index (χ0) is 12.1. The number of allylic oxidation sites excluding steroid dienone is 1.